The average molecular weight is 307 g/mol. The van der Waals surface area contributed by atoms with Gasteiger partial charge < -0.3 is 4.42 Å². The molecule has 0 fully saturated rings. The van der Waals surface area contributed by atoms with Gasteiger partial charge in [0.1, 0.15) is 5.76 Å². The quantitative estimate of drug-likeness (QED) is 0.768. The lowest BCUT2D eigenvalue weighted by molar-refractivity contribution is 0.109. The molecule has 0 bridgehead atoms. The van der Waals surface area contributed by atoms with Crippen LogP contribution in [0.5, 0.6) is 0 Å². The highest BCUT2D eigenvalue weighted by Crippen LogP contribution is 2.15. The van der Waals surface area contributed by atoms with E-state index in [2.05, 4.69) is 0 Å². The summed E-state index contributed by atoms with van der Waals surface area (Å²) in [4.78, 5) is 10.6. The molecule has 0 aliphatic heterocycles. The lowest BCUT2D eigenvalue weighted by atomic mass is 10.1. The Morgan fingerprint density at radius 2 is 1.76 bits per heavy atom. The number of aryl methyl sites for hydroxylation is 1. The third-order valence-corrected chi connectivity index (χ3v) is 4.28. The molecule has 0 N–H and O–H groups in total. The van der Waals surface area contributed by atoms with Crippen molar-refractivity contribution in [2.45, 2.75) is 20.0 Å². The number of aldehydes is 1. The number of sulfonamides is 1. The van der Waals surface area contributed by atoms with Crippen LogP contribution in [0, 0.1) is 6.92 Å². The van der Waals surface area contributed by atoms with Crippen molar-refractivity contribution in [3.05, 3.63) is 59.0 Å². The first-order valence-corrected chi connectivity index (χ1v) is 8.28. The van der Waals surface area contributed by atoms with Crippen molar-refractivity contribution in [2.24, 2.45) is 0 Å². The summed E-state index contributed by atoms with van der Waals surface area (Å²) in [6.07, 6.45) is 1.75. The van der Waals surface area contributed by atoms with Crippen molar-refractivity contribution >= 4 is 16.3 Å². The maximum absolute atomic E-state index is 11.9. The van der Waals surface area contributed by atoms with Gasteiger partial charge in [0.2, 0.25) is 10.0 Å². The van der Waals surface area contributed by atoms with Gasteiger partial charge in [0, 0.05) is 6.54 Å². The summed E-state index contributed by atoms with van der Waals surface area (Å²) >= 11 is 0. The van der Waals surface area contributed by atoms with E-state index in [1.165, 1.54) is 10.4 Å². The molecule has 0 spiro atoms. The zero-order chi connectivity index (χ0) is 15.5. The van der Waals surface area contributed by atoms with Crippen molar-refractivity contribution in [3.63, 3.8) is 0 Å². The first-order chi connectivity index (χ1) is 9.88. The number of furan rings is 1. The molecule has 0 saturated heterocycles. The molecule has 1 aromatic carbocycles. The van der Waals surface area contributed by atoms with Crippen molar-refractivity contribution in [1.29, 1.82) is 0 Å². The second-order valence-corrected chi connectivity index (χ2v) is 6.92. The maximum Gasteiger partial charge on any atom is 0.211 e. The molecule has 0 radical (unpaired) electrons. The van der Waals surface area contributed by atoms with Crippen molar-refractivity contribution in [3.8, 4) is 0 Å². The Hall–Kier alpha value is -1.92. The van der Waals surface area contributed by atoms with Crippen LogP contribution in [0.1, 0.15) is 27.4 Å². The highest BCUT2D eigenvalue weighted by Gasteiger charge is 2.19. The molecule has 0 atom stereocenters. The topological polar surface area (TPSA) is 67.6 Å². The number of benzene rings is 1. The molecule has 2 rings (SSSR count). The molecule has 6 heteroatoms. The SMILES string of the molecule is Cc1ccc(CN(Cc2ccc(C=O)o2)S(C)(=O)=O)cc1. The lowest BCUT2D eigenvalue weighted by Gasteiger charge is -2.19. The van der Waals surface area contributed by atoms with E-state index in [4.69, 9.17) is 4.42 Å². The van der Waals surface area contributed by atoms with Gasteiger partial charge >= 0.3 is 0 Å². The third-order valence-electron chi connectivity index (χ3n) is 3.08. The van der Waals surface area contributed by atoms with E-state index in [-0.39, 0.29) is 18.8 Å². The van der Waals surface area contributed by atoms with Gasteiger partial charge in [0.25, 0.3) is 0 Å². The second-order valence-electron chi connectivity index (χ2n) is 4.94. The zero-order valence-electron chi connectivity index (χ0n) is 11.9. The van der Waals surface area contributed by atoms with E-state index in [0.717, 1.165) is 17.4 Å². The fourth-order valence-corrected chi connectivity index (χ4v) is 2.65. The Balaban J connectivity index is 2.18. The molecule has 112 valence electrons. The van der Waals surface area contributed by atoms with Gasteiger partial charge in [-0.1, -0.05) is 29.8 Å². The lowest BCUT2D eigenvalue weighted by Crippen LogP contribution is -2.28. The first kappa shape index (κ1) is 15.5. The first-order valence-electron chi connectivity index (χ1n) is 6.43. The van der Waals surface area contributed by atoms with E-state index in [1.807, 2.05) is 31.2 Å². The summed E-state index contributed by atoms with van der Waals surface area (Å²) < 4.78 is 30.3. The Morgan fingerprint density at radius 3 is 2.29 bits per heavy atom. The Kier molecular flexibility index (Phi) is 4.59. The summed E-state index contributed by atoms with van der Waals surface area (Å²) in [5.41, 5.74) is 2.01. The summed E-state index contributed by atoms with van der Waals surface area (Å²) in [5, 5.41) is 0. The maximum atomic E-state index is 11.9. The highest BCUT2D eigenvalue weighted by molar-refractivity contribution is 7.88. The summed E-state index contributed by atoms with van der Waals surface area (Å²) in [6, 6.07) is 10.8. The molecule has 0 unspecified atom stereocenters. The van der Waals surface area contributed by atoms with E-state index in [9.17, 15) is 13.2 Å². The van der Waals surface area contributed by atoms with Gasteiger partial charge in [0.05, 0.1) is 12.8 Å². The van der Waals surface area contributed by atoms with Gasteiger partial charge in [-0.2, -0.15) is 4.31 Å². The minimum atomic E-state index is -3.38. The molecule has 0 amide bonds. The predicted molar refractivity (Wildman–Crippen MR) is 79.4 cm³/mol. The largest absolute Gasteiger partial charge is 0.457 e. The molecule has 0 saturated carbocycles. The van der Waals surface area contributed by atoms with E-state index >= 15 is 0 Å². The smallest absolute Gasteiger partial charge is 0.211 e. The van der Waals surface area contributed by atoms with Crippen molar-refractivity contribution < 1.29 is 17.6 Å². The Morgan fingerprint density at radius 1 is 1.10 bits per heavy atom. The van der Waals surface area contributed by atoms with Crippen LogP contribution in [-0.4, -0.2) is 25.3 Å². The van der Waals surface area contributed by atoms with Crippen LogP contribution in [-0.2, 0) is 23.1 Å². The van der Waals surface area contributed by atoms with E-state index in [1.54, 1.807) is 6.07 Å². The summed E-state index contributed by atoms with van der Waals surface area (Å²) in [7, 11) is -3.38. The van der Waals surface area contributed by atoms with Gasteiger partial charge in [-0.15, -0.1) is 0 Å². The Bertz CT molecular complexity index is 716. The van der Waals surface area contributed by atoms with Crippen LogP contribution in [0.25, 0.3) is 0 Å². The second kappa shape index (κ2) is 6.24. The minimum absolute atomic E-state index is 0.0978. The molecule has 21 heavy (non-hydrogen) atoms. The normalized spacial score (nSPS) is 11.8. The van der Waals surface area contributed by atoms with Gasteiger partial charge in [-0.05, 0) is 24.6 Å². The Labute approximate surface area is 124 Å². The minimum Gasteiger partial charge on any atom is -0.457 e. The monoisotopic (exact) mass is 307 g/mol. The molecule has 0 aliphatic carbocycles. The van der Waals surface area contributed by atoms with E-state index < -0.39 is 10.0 Å². The van der Waals surface area contributed by atoms with Gasteiger partial charge in [-0.25, -0.2) is 8.42 Å². The fraction of sp³-hybridized carbons (Fsp3) is 0.267. The predicted octanol–water partition coefficient (Wildman–Crippen LogP) is 2.36. The summed E-state index contributed by atoms with van der Waals surface area (Å²) in [6.45, 7) is 2.33. The number of hydrogen-bond acceptors (Lipinski definition) is 4. The van der Waals surface area contributed by atoms with Crippen LogP contribution in [0.15, 0.2) is 40.8 Å². The standard InChI is InChI=1S/C15H17NO4S/c1-12-3-5-13(6-4-12)9-16(21(2,18)19)10-14-7-8-15(11-17)20-14/h3-8,11H,9-10H2,1-2H3. The molecule has 1 aromatic heterocycles. The number of rotatable bonds is 6. The van der Waals surface area contributed by atoms with Gasteiger partial charge in [-0.3, -0.25) is 4.79 Å². The molecule has 1 heterocycles. The van der Waals surface area contributed by atoms with Crippen LogP contribution in [0.3, 0.4) is 0 Å². The van der Waals surface area contributed by atoms with Crippen molar-refractivity contribution in [1.82, 2.24) is 4.31 Å². The fourth-order valence-electron chi connectivity index (χ4n) is 1.90. The molecular formula is C15H17NO4S. The number of hydrogen-bond donors (Lipinski definition) is 0. The van der Waals surface area contributed by atoms with E-state index in [0.29, 0.717) is 12.0 Å². The number of carbonyl (C=O) groups is 1. The molecular weight excluding hydrogens is 290 g/mol. The van der Waals surface area contributed by atoms with Gasteiger partial charge in [0.15, 0.2) is 12.0 Å². The number of nitrogens with zero attached hydrogens (tertiary/aromatic N) is 1. The van der Waals surface area contributed by atoms with Crippen LogP contribution in [0.4, 0.5) is 0 Å². The highest BCUT2D eigenvalue weighted by atomic mass is 32.2. The van der Waals surface area contributed by atoms with Crippen LogP contribution >= 0.6 is 0 Å². The van der Waals surface area contributed by atoms with Crippen LogP contribution in [0.2, 0.25) is 0 Å². The number of carbonyl (C=O) groups excluding carboxylic acids is 1. The zero-order valence-corrected chi connectivity index (χ0v) is 12.8. The van der Waals surface area contributed by atoms with Crippen LogP contribution < -0.4 is 0 Å². The molecule has 2 aromatic rings. The molecule has 0 aliphatic rings. The third kappa shape index (κ3) is 4.27. The summed E-state index contributed by atoms with van der Waals surface area (Å²) in [5.74, 6) is 0.628. The molecule has 5 nitrogen and oxygen atoms in total. The van der Waals surface area contributed by atoms with Crippen molar-refractivity contribution in [2.75, 3.05) is 6.26 Å². The average Bonchev–Trinajstić information content (AvgIpc) is 2.87.